The van der Waals surface area contributed by atoms with Gasteiger partial charge in [0.15, 0.2) is 0 Å². The fourth-order valence-electron chi connectivity index (χ4n) is 4.65. The smallest absolute Gasteiger partial charge is 0.0724 e. The Labute approximate surface area is 151 Å². The van der Waals surface area contributed by atoms with Gasteiger partial charge in [-0.3, -0.25) is 4.90 Å². The number of nitrogens with zero attached hydrogens (tertiary/aromatic N) is 3. The lowest BCUT2D eigenvalue weighted by atomic mass is 9.76. The van der Waals surface area contributed by atoms with Crippen LogP contribution in [-0.4, -0.2) is 86.0 Å². The first-order chi connectivity index (χ1) is 12.2. The summed E-state index contributed by atoms with van der Waals surface area (Å²) < 4.78 is 0. The number of piperazine rings is 1. The molecule has 0 unspecified atom stereocenters. The summed E-state index contributed by atoms with van der Waals surface area (Å²) in [4.78, 5) is 7.65. The van der Waals surface area contributed by atoms with Gasteiger partial charge >= 0.3 is 0 Å². The van der Waals surface area contributed by atoms with Gasteiger partial charge in [-0.2, -0.15) is 0 Å². The van der Waals surface area contributed by atoms with Crippen molar-refractivity contribution >= 4 is 5.69 Å². The zero-order chi connectivity index (χ0) is 17.1. The maximum absolute atomic E-state index is 10.8. The van der Waals surface area contributed by atoms with Gasteiger partial charge in [-0.15, -0.1) is 0 Å². The lowest BCUT2D eigenvalue weighted by molar-refractivity contribution is -0.0891. The first kappa shape index (κ1) is 17.3. The summed E-state index contributed by atoms with van der Waals surface area (Å²) in [6.45, 7) is 10.9. The van der Waals surface area contributed by atoms with E-state index in [9.17, 15) is 5.11 Å². The summed E-state index contributed by atoms with van der Waals surface area (Å²) in [6.07, 6.45) is 1.87. The van der Waals surface area contributed by atoms with Crippen LogP contribution in [-0.2, 0) is 0 Å². The molecule has 5 nitrogen and oxygen atoms in total. The third kappa shape index (κ3) is 4.00. The average molecular weight is 345 g/mol. The van der Waals surface area contributed by atoms with Crippen LogP contribution in [0.5, 0.6) is 0 Å². The number of anilines is 1. The highest BCUT2D eigenvalue weighted by atomic mass is 16.3. The molecule has 25 heavy (non-hydrogen) atoms. The minimum Gasteiger partial charge on any atom is -0.389 e. The average Bonchev–Trinajstić information content (AvgIpc) is 2.67. The molecule has 1 aromatic carbocycles. The molecule has 3 aliphatic heterocycles. The molecule has 0 radical (unpaired) electrons. The summed E-state index contributed by atoms with van der Waals surface area (Å²) in [5.41, 5.74) is 0.950. The molecule has 2 N–H and O–H groups in total. The van der Waals surface area contributed by atoms with Gasteiger partial charge < -0.3 is 20.2 Å². The van der Waals surface area contributed by atoms with E-state index in [0.717, 1.165) is 78.3 Å². The van der Waals surface area contributed by atoms with Crippen molar-refractivity contribution in [3.05, 3.63) is 30.3 Å². The molecule has 5 heteroatoms. The van der Waals surface area contributed by atoms with Crippen LogP contribution >= 0.6 is 0 Å². The standard InChI is InChI=1S/C20H32N4O/c25-20-6-8-21-16-18(20)17-23(9-7-20)11-10-22-12-14-24(15-13-22)19-4-2-1-3-5-19/h1-5,18,21,25H,6-17H2/t18-,20-/m1/s1. The second-order valence-electron chi connectivity index (χ2n) is 7.97. The molecule has 3 saturated heterocycles. The van der Waals surface area contributed by atoms with E-state index >= 15 is 0 Å². The van der Waals surface area contributed by atoms with Crippen molar-refractivity contribution in [1.29, 1.82) is 0 Å². The number of benzene rings is 1. The van der Waals surface area contributed by atoms with E-state index in [1.54, 1.807) is 0 Å². The monoisotopic (exact) mass is 344 g/mol. The van der Waals surface area contributed by atoms with E-state index in [1.165, 1.54) is 5.69 Å². The van der Waals surface area contributed by atoms with Crippen molar-refractivity contribution in [3.63, 3.8) is 0 Å². The molecular formula is C20H32N4O. The van der Waals surface area contributed by atoms with Crippen molar-refractivity contribution in [2.75, 3.05) is 70.3 Å². The second kappa shape index (κ2) is 7.62. The Hall–Kier alpha value is -1.14. The van der Waals surface area contributed by atoms with E-state index in [-0.39, 0.29) is 0 Å². The number of hydrogen-bond acceptors (Lipinski definition) is 5. The largest absolute Gasteiger partial charge is 0.389 e. The second-order valence-corrected chi connectivity index (χ2v) is 7.97. The summed E-state index contributed by atoms with van der Waals surface area (Å²) in [5, 5.41) is 14.2. The van der Waals surface area contributed by atoms with Crippen molar-refractivity contribution in [1.82, 2.24) is 15.1 Å². The van der Waals surface area contributed by atoms with Gasteiger partial charge in [-0.1, -0.05) is 18.2 Å². The van der Waals surface area contributed by atoms with Gasteiger partial charge in [0.25, 0.3) is 0 Å². The zero-order valence-electron chi connectivity index (χ0n) is 15.2. The van der Waals surface area contributed by atoms with Gasteiger partial charge in [0.1, 0.15) is 0 Å². The predicted octanol–water partition coefficient (Wildman–Crippen LogP) is 0.855. The fourth-order valence-corrected chi connectivity index (χ4v) is 4.65. The Balaban J connectivity index is 1.21. The molecule has 0 spiro atoms. The van der Waals surface area contributed by atoms with Crippen molar-refractivity contribution in [2.45, 2.75) is 18.4 Å². The Morgan fingerprint density at radius 3 is 2.52 bits per heavy atom. The van der Waals surface area contributed by atoms with Crippen LogP contribution in [0.25, 0.3) is 0 Å². The zero-order valence-corrected chi connectivity index (χ0v) is 15.2. The summed E-state index contributed by atoms with van der Waals surface area (Å²) in [5.74, 6) is 0.407. The number of hydrogen-bond donors (Lipinski definition) is 2. The minimum absolute atomic E-state index is 0.400. The molecule has 3 aliphatic rings. The fraction of sp³-hybridized carbons (Fsp3) is 0.700. The van der Waals surface area contributed by atoms with Crippen LogP contribution in [0.15, 0.2) is 30.3 Å². The van der Waals surface area contributed by atoms with Gasteiger partial charge in [0, 0.05) is 70.5 Å². The van der Waals surface area contributed by atoms with Crippen molar-refractivity contribution in [2.24, 2.45) is 5.92 Å². The van der Waals surface area contributed by atoms with Crippen molar-refractivity contribution in [3.8, 4) is 0 Å². The minimum atomic E-state index is -0.400. The Morgan fingerprint density at radius 1 is 0.960 bits per heavy atom. The maximum Gasteiger partial charge on any atom is 0.0724 e. The summed E-state index contributed by atoms with van der Waals surface area (Å²) in [6, 6.07) is 10.8. The van der Waals surface area contributed by atoms with Crippen LogP contribution in [0, 0.1) is 5.92 Å². The molecular weight excluding hydrogens is 312 g/mol. The molecule has 0 saturated carbocycles. The molecule has 3 fully saturated rings. The van der Waals surface area contributed by atoms with Crippen LogP contribution < -0.4 is 10.2 Å². The van der Waals surface area contributed by atoms with Gasteiger partial charge in [-0.25, -0.2) is 0 Å². The van der Waals surface area contributed by atoms with E-state index in [4.69, 9.17) is 0 Å². The quantitative estimate of drug-likeness (QED) is 0.848. The van der Waals surface area contributed by atoms with E-state index in [1.807, 2.05) is 0 Å². The van der Waals surface area contributed by atoms with Gasteiger partial charge in [0.2, 0.25) is 0 Å². The normalized spacial score (nSPS) is 31.7. The van der Waals surface area contributed by atoms with Crippen LogP contribution in [0.2, 0.25) is 0 Å². The van der Waals surface area contributed by atoms with E-state index < -0.39 is 5.60 Å². The lowest BCUT2D eigenvalue weighted by Crippen LogP contribution is -2.59. The van der Waals surface area contributed by atoms with Gasteiger partial charge in [0.05, 0.1) is 5.60 Å². The molecule has 4 rings (SSSR count). The number of para-hydroxylation sites is 1. The molecule has 0 amide bonds. The first-order valence-electron chi connectivity index (χ1n) is 9.91. The number of piperidine rings is 2. The number of rotatable bonds is 4. The maximum atomic E-state index is 10.8. The summed E-state index contributed by atoms with van der Waals surface area (Å²) >= 11 is 0. The highest BCUT2D eigenvalue weighted by molar-refractivity contribution is 5.46. The molecule has 0 bridgehead atoms. The molecule has 138 valence electrons. The lowest BCUT2D eigenvalue weighted by Gasteiger charge is -2.48. The highest BCUT2D eigenvalue weighted by Crippen LogP contribution is 2.32. The molecule has 2 atom stereocenters. The number of aliphatic hydroxyl groups is 1. The van der Waals surface area contributed by atoms with Crippen LogP contribution in [0.4, 0.5) is 5.69 Å². The molecule has 0 aliphatic carbocycles. The Bertz CT molecular complexity index is 546. The van der Waals surface area contributed by atoms with Crippen LogP contribution in [0.1, 0.15) is 12.8 Å². The first-order valence-corrected chi connectivity index (χ1v) is 9.91. The topological polar surface area (TPSA) is 42.0 Å². The van der Waals surface area contributed by atoms with Crippen molar-refractivity contribution < 1.29 is 5.11 Å². The highest BCUT2D eigenvalue weighted by Gasteiger charge is 2.42. The van der Waals surface area contributed by atoms with E-state index in [0.29, 0.717) is 5.92 Å². The number of fused-ring (bicyclic) bond motifs is 1. The Morgan fingerprint density at radius 2 is 1.72 bits per heavy atom. The van der Waals surface area contributed by atoms with E-state index in [2.05, 4.69) is 50.3 Å². The third-order valence-electron chi connectivity index (χ3n) is 6.45. The SMILES string of the molecule is O[C@@]12CCNC[C@@H]1CN(CCN1CCN(c3ccccc3)CC1)CC2. The Kier molecular flexibility index (Phi) is 5.27. The molecule has 1 aromatic rings. The molecule has 0 aromatic heterocycles. The predicted molar refractivity (Wildman–Crippen MR) is 102 cm³/mol. The van der Waals surface area contributed by atoms with Crippen LogP contribution in [0.3, 0.4) is 0 Å². The number of likely N-dealkylation sites (tertiary alicyclic amines) is 1. The van der Waals surface area contributed by atoms with Gasteiger partial charge in [-0.05, 0) is 31.5 Å². The third-order valence-corrected chi connectivity index (χ3v) is 6.45. The number of nitrogens with one attached hydrogen (secondary N) is 1. The summed E-state index contributed by atoms with van der Waals surface area (Å²) in [7, 11) is 0. The molecule has 3 heterocycles.